The Morgan fingerprint density at radius 1 is 1.10 bits per heavy atom. The number of hydrogen-bond acceptors (Lipinski definition) is 5. The first-order valence-corrected chi connectivity index (χ1v) is 9.93. The molecule has 0 fully saturated rings. The van der Waals surface area contributed by atoms with Gasteiger partial charge in [0.15, 0.2) is 0 Å². The second-order valence-electron chi connectivity index (χ2n) is 6.60. The second kappa shape index (κ2) is 8.99. The van der Waals surface area contributed by atoms with Gasteiger partial charge < -0.3 is 14.8 Å². The van der Waals surface area contributed by atoms with Crippen molar-refractivity contribution in [3.05, 3.63) is 70.2 Å². The quantitative estimate of drug-likeness (QED) is 0.572. The van der Waals surface area contributed by atoms with Crippen molar-refractivity contribution in [1.29, 1.82) is 0 Å². The number of thiazole rings is 1. The molecule has 0 atom stereocenters. The third kappa shape index (κ3) is 5.98. The van der Waals surface area contributed by atoms with Crippen LogP contribution in [-0.2, 0) is 0 Å². The maximum Gasteiger partial charge on any atom is 0.279 e. The molecule has 0 bridgehead atoms. The Bertz CT molecular complexity index is 1050. The van der Waals surface area contributed by atoms with Gasteiger partial charge in [0.2, 0.25) is 0 Å². The van der Waals surface area contributed by atoms with E-state index in [9.17, 15) is 4.79 Å². The maximum atomic E-state index is 12.4. The van der Waals surface area contributed by atoms with Crippen LogP contribution in [0.2, 0.25) is 5.02 Å². The molecule has 148 valence electrons. The van der Waals surface area contributed by atoms with Gasteiger partial charge in [-0.2, -0.15) is 0 Å². The molecule has 0 spiro atoms. The molecule has 1 heterocycles. The number of nitrogens with one attached hydrogen (secondary N) is 1. The molecule has 7 heteroatoms. The van der Waals surface area contributed by atoms with Gasteiger partial charge in [-0.3, -0.25) is 4.79 Å². The lowest BCUT2D eigenvalue weighted by Gasteiger charge is -2.19. The number of benzene rings is 2. The molecule has 0 radical (unpaired) electrons. The average Bonchev–Trinajstić information content (AvgIpc) is 3.15. The van der Waals surface area contributed by atoms with Gasteiger partial charge in [-0.25, -0.2) is 4.98 Å². The van der Waals surface area contributed by atoms with Gasteiger partial charge in [-0.1, -0.05) is 34.8 Å². The van der Waals surface area contributed by atoms with Gasteiger partial charge in [-0.15, -0.1) is 0 Å². The highest BCUT2D eigenvalue weighted by Crippen LogP contribution is 2.27. The third-order valence-electron chi connectivity index (χ3n) is 3.78. The van der Waals surface area contributed by atoms with Crippen molar-refractivity contribution in [2.24, 2.45) is 0 Å². The summed E-state index contributed by atoms with van der Waals surface area (Å²) in [6, 6.07) is 13.9. The van der Waals surface area contributed by atoms with E-state index in [4.69, 9.17) is 21.1 Å². The zero-order valence-corrected chi connectivity index (χ0v) is 17.7. The van der Waals surface area contributed by atoms with E-state index >= 15 is 0 Å². The normalized spacial score (nSPS) is 10.6. The van der Waals surface area contributed by atoms with E-state index in [-0.39, 0.29) is 5.91 Å². The molecule has 0 aliphatic rings. The van der Waals surface area contributed by atoms with E-state index in [2.05, 4.69) is 22.1 Å². The fraction of sp³-hybridized carbons (Fsp3) is 0.182. The molecule has 0 aliphatic heterocycles. The van der Waals surface area contributed by atoms with Crippen LogP contribution in [0.4, 0.5) is 0 Å². The minimum Gasteiger partial charge on any atom is -0.497 e. The first-order valence-electron chi connectivity index (χ1n) is 8.74. The van der Waals surface area contributed by atoms with Crippen molar-refractivity contribution in [2.45, 2.75) is 19.4 Å². The summed E-state index contributed by atoms with van der Waals surface area (Å²) in [4.78, 5) is 17.3. The molecule has 0 unspecified atom stereocenters. The molecular weight excluding hydrogens is 408 g/mol. The Morgan fingerprint density at radius 2 is 1.76 bits per heavy atom. The van der Waals surface area contributed by atoms with Gasteiger partial charge in [0.05, 0.1) is 18.8 Å². The lowest BCUT2D eigenvalue weighted by Crippen LogP contribution is -2.42. The predicted molar refractivity (Wildman–Crippen MR) is 115 cm³/mol. The summed E-state index contributed by atoms with van der Waals surface area (Å²) in [6.07, 6.45) is 1.65. The van der Waals surface area contributed by atoms with E-state index in [1.807, 2.05) is 26.0 Å². The van der Waals surface area contributed by atoms with Crippen LogP contribution < -0.4 is 14.8 Å². The number of methoxy groups -OCH3 is 1. The van der Waals surface area contributed by atoms with Crippen molar-refractivity contribution in [3.63, 3.8) is 0 Å². The lowest BCUT2D eigenvalue weighted by molar-refractivity contribution is 0.0930. The molecule has 29 heavy (non-hydrogen) atoms. The molecule has 0 saturated carbocycles. The fourth-order valence-electron chi connectivity index (χ4n) is 2.31. The van der Waals surface area contributed by atoms with Crippen LogP contribution in [0.1, 0.15) is 29.1 Å². The summed E-state index contributed by atoms with van der Waals surface area (Å²) in [5.41, 5.74) is -0.199. The Morgan fingerprint density at radius 3 is 2.41 bits per heavy atom. The number of carbonyl (C=O) groups excluding carboxylic acids is 1. The molecule has 2 aromatic carbocycles. The first kappa shape index (κ1) is 20.7. The van der Waals surface area contributed by atoms with Crippen LogP contribution in [0.25, 0.3) is 0 Å². The molecule has 0 aliphatic carbocycles. The van der Waals surface area contributed by atoms with Crippen molar-refractivity contribution < 1.29 is 14.3 Å². The SMILES string of the molecule is COc1ccc(Oc2ncc(C#CC(C)(C)NC(=O)c3ccc(Cl)cc3)s2)cc1. The van der Waals surface area contributed by atoms with E-state index in [0.29, 0.717) is 21.5 Å². The standard InChI is InChI=1S/C22H19ClN2O3S/c1-22(2,25-20(26)15-4-6-16(23)7-5-15)13-12-19-14-24-21(29-19)28-18-10-8-17(27-3)9-11-18/h4-11,14H,1-3H3,(H,25,26). The monoisotopic (exact) mass is 426 g/mol. The molecule has 1 amide bonds. The number of aromatic nitrogens is 1. The first-order chi connectivity index (χ1) is 13.8. The zero-order valence-electron chi connectivity index (χ0n) is 16.2. The smallest absolute Gasteiger partial charge is 0.279 e. The second-order valence-corrected chi connectivity index (χ2v) is 8.03. The summed E-state index contributed by atoms with van der Waals surface area (Å²) in [5.74, 6) is 7.32. The molecular formula is C22H19ClN2O3S. The van der Waals surface area contributed by atoms with Gasteiger partial charge in [-0.05, 0) is 62.4 Å². The average molecular weight is 427 g/mol. The van der Waals surface area contributed by atoms with Gasteiger partial charge in [0, 0.05) is 10.6 Å². The minimum absolute atomic E-state index is 0.214. The van der Waals surface area contributed by atoms with Crippen LogP contribution in [0.15, 0.2) is 54.7 Å². The topological polar surface area (TPSA) is 60.5 Å². The number of hydrogen-bond donors (Lipinski definition) is 1. The van der Waals surface area contributed by atoms with Crippen LogP contribution in [-0.4, -0.2) is 23.5 Å². The number of nitrogens with zero attached hydrogens (tertiary/aromatic N) is 1. The highest BCUT2D eigenvalue weighted by atomic mass is 35.5. The summed E-state index contributed by atoms with van der Waals surface area (Å²) in [5, 5.41) is 3.98. The van der Waals surface area contributed by atoms with Crippen LogP contribution in [0, 0.1) is 11.8 Å². The molecule has 1 aromatic heterocycles. The predicted octanol–water partition coefficient (Wildman–Crippen LogP) is 5.16. The van der Waals surface area contributed by atoms with E-state index in [1.54, 1.807) is 49.7 Å². The number of carbonyl (C=O) groups is 1. The van der Waals surface area contributed by atoms with Crippen LogP contribution in [0.5, 0.6) is 16.7 Å². The molecule has 0 saturated heterocycles. The summed E-state index contributed by atoms with van der Waals surface area (Å²) in [6.45, 7) is 3.67. The number of ether oxygens (including phenoxy) is 2. The van der Waals surface area contributed by atoms with Gasteiger partial charge in [0.25, 0.3) is 11.1 Å². The zero-order chi connectivity index (χ0) is 20.9. The van der Waals surface area contributed by atoms with Crippen LogP contribution >= 0.6 is 22.9 Å². The summed E-state index contributed by atoms with van der Waals surface area (Å²) in [7, 11) is 1.61. The van der Waals surface area contributed by atoms with Crippen molar-refractivity contribution in [3.8, 4) is 28.5 Å². The maximum absolute atomic E-state index is 12.4. The summed E-state index contributed by atoms with van der Waals surface area (Å²) < 4.78 is 10.9. The Hall–Kier alpha value is -3.01. The highest BCUT2D eigenvalue weighted by molar-refractivity contribution is 7.13. The largest absolute Gasteiger partial charge is 0.497 e. The third-order valence-corrected chi connectivity index (χ3v) is 4.82. The summed E-state index contributed by atoms with van der Waals surface area (Å²) >= 11 is 7.19. The van der Waals surface area contributed by atoms with E-state index < -0.39 is 5.54 Å². The molecule has 3 rings (SSSR count). The number of rotatable bonds is 5. The number of amides is 1. The lowest BCUT2D eigenvalue weighted by atomic mass is 10.1. The van der Waals surface area contributed by atoms with Crippen molar-refractivity contribution >= 4 is 28.8 Å². The number of halogens is 1. The highest BCUT2D eigenvalue weighted by Gasteiger charge is 2.18. The molecule has 3 aromatic rings. The Labute approximate surface area is 178 Å². The Kier molecular flexibility index (Phi) is 6.42. The van der Waals surface area contributed by atoms with Crippen molar-refractivity contribution in [2.75, 3.05) is 7.11 Å². The minimum atomic E-state index is -0.724. The van der Waals surface area contributed by atoms with E-state index in [0.717, 1.165) is 10.6 Å². The molecule has 5 nitrogen and oxygen atoms in total. The van der Waals surface area contributed by atoms with Gasteiger partial charge in [0.1, 0.15) is 16.4 Å². The Balaban J connectivity index is 1.63. The van der Waals surface area contributed by atoms with Crippen molar-refractivity contribution in [1.82, 2.24) is 10.3 Å². The fourth-order valence-corrected chi connectivity index (χ4v) is 3.08. The van der Waals surface area contributed by atoms with Crippen LogP contribution in [0.3, 0.4) is 0 Å². The van der Waals surface area contributed by atoms with E-state index in [1.165, 1.54) is 11.3 Å². The molecule has 1 N–H and O–H groups in total. The van der Waals surface area contributed by atoms with Gasteiger partial charge >= 0.3 is 0 Å².